The van der Waals surface area contributed by atoms with Crippen LogP contribution in [-0.4, -0.2) is 63.0 Å². The van der Waals surface area contributed by atoms with Crippen LogP contribution >= 0.6 is 0 Å². The molecule has 1 atom stereocenters. The molecule has 7 heteroatoms. The summed E-state index contributed by atoms with van der Waals surface area (Å²) in [7, 11) is 2.09. The van der Waals surface area contributed by atoms with Gasteiger partial charge in [0, 0.05) is 25.2 Å². The molecule has 0 saturated carbocycles. The molecular weight excluding hydrogens is 328 g/mol. The van der Waals surface area contributed by atoms with Gasteiger partial charge in [0.2, 0.25) is 5.82 Å². The van der Waals surface area contributed by atoms with Gasteiger partial charge in [0.25, 0.3) is 5.91 Å². The maximum Gasteiger partial charge on any atom is 0.255 e. The van der Waals surface area contributed by atoms with Gasteiger partial charge in [-0.1, -0.05) is 48.5 Å². The van der Waals surface area contributed by atoms with E-state index in [4.69, 9.17) is 0 Å². The Morgan fingerprint density at radius 1 is 1.08 bits per heavy atom. The number of benzene rings is 2. The normalized spacial score (nSPS) is 18.0. The van der Waals surface area contributed by atoms with Gasteiger partial charge in [-0.2, -0.15) is 5.21 Å². The number of piperazine rings is 1. The van der Waals surface area contributed by atoms with Gasteiger partial charge in [-0.15, -0.1) is 10.2 Å². The second-order valence-electron chi connectivity index (χ2n) is 6.47. The number of hydrogen-bond donors (Lipinski definition) is 1. The molecule has 132 valence electrons. The number of hydrogen-bond acceptors (Lipinski definition) is 5. The van der Waals surface area contributed by atoms with Crippen LogP contribution in [0.3, 0.4) is 0 Å². The van der Waals surface area contributed by atoms with Gasteiger partial charge >= 0.3 is 0 Å². The summed E-state index contributed by atoms with van der Waals surface area (Å²) < 4.78 is 0. The fourth-order valence-electron chi connectivity index (χ4n) is 3.42. The molecule has 2 aromatic carbocycles. The number of H-pyrrole nitrogens is 1. The summed E-state index contributed by atoms with van der Waals surface area (Å²) in [5.74, 6) is 0.423. The Labute approximate surface area is 151 Å². The molecule has 1 aliphatic rings. The number of aromatic nitrogens is 4. The fraction of sp³-hybridized carbons (Fsp3) is 0.263. The van der Waals surface area contributed by atoms with Gasteiger partial charge in [0.1, 0.15) is 0 Å². The smallest absolute Gasteiger partial charge is 0.255 e. The lowest BCUT2D eigenvalue weighted by Crippen LogP contribution is -2.49. The van der Waals surface area contributed by atoms with E-state index in [0.29, 0.717) is 23.5 Å². The van der Waals surface area contributed by atoms with Crippen LogP contribution in [0.2, 0.25) is 0 Å². The summed E-state index contributed by atoms with van der Waals surface area (Å²) in [5, 5.41) is 14.1. The van der Waals surface area contributed by atoms with Crippen LogP contribution in [0.1, 0.15) is 22.0 Å². The van der Waals surface area contributed by atoms with Crippen molar-refractivity contribution in [2.45, 2.75) is 6.04 Å². The molecule has 1 fully saturated rings. The summed E-state index contributed by atoms with van der Waals surface area (Å²) in [4.78, 5) is 17.6. The zero-order valence-electron chi connectivity index (χ0n) is 14.5. The summed E-state index contributed by atoms with van der Waals surface area (Å²) >= 11 is 0. The Morgan fingerprint density at radius 3 is 2.62 bits per heavy atom. The van der Waals surface area contributed by atoms with Crippen molar-refractivity contribution < 1.29 is 4.79 Å². The van der Waals surface area contributed by atoms with Crippen molar-refractivity contribution in [1.29, 1.82) is 0 Å². The topological polar surface area (TPSA) is 78.0 Å². The van der Waals surface area contributed by atoms with Crippen LogP contribution < -0.4 is 0 Å². The van der Waals surface area contributed by atoms with Crippen molar-refractivity contribution in [3.8, 4) is 11.4 Å². The number of aromatic amines is 1. The van der Waals surface area contributed by atoms with Gasteiger partial charge < -0.3 is 9.80 Å². The van der Waals surface area contributed by atoms with E-state index in [9.17, 15) is 4.79 Å². The maximum absolute atomic E-state index is 13.4. The first-order valence-electron chi connectivity index (χ1n) is 8.61. The molecule has 1 unspecified atom stereocenters. The third-order valence-electron chi connectivity index (χ3n) is 4.77. The number of carbonyl (C=O) groups excluding carboxylic acids is 1. The van der Waals surface area contributed by atoms with Gasteiger partial charge in [0.15, 0.2) is 0 Å². The summed E-state index contributed by atoms with van der Waals surface area (Å²) in [5.41, 5.74) is 2.43. The van der Waals surface area contributed by atoms with Crippen LogP contribution in [0.5, 0.6) is 0 Å². The van der Waals surface area contributed by atoms with E-state index < -0.39 is 0 Å². The van der Waals surface area contributed by atoms with Crippen molar-refractivity contribution in [2.24, 2.45) is 0 Å². The van der Waals surface area contributed by atoms with Crippen LogP contribution in [0.25, 0.3) is 11.4 Å². The number of carbonyl (C=O) groups is 1. The predicted molar refractivity (Wildman–Crippen MR) is 97.3 cm³/mol. The van der Waals surface area contributed by atoms with Gasteiger partial charge in [-0.3, -0.25) is 4.79 Å². The summed E-state index contributed by atoms with van der Waals surface area (Å²) in [6, 6.07) is 17.6. The minimum atomic E-state index is -0.00708. The van der Waals surface area contributed by atoms with E-state index in [0.717, 1.165) is 18.7 Å². The molecule has 0 aliphatic carbocycles. The third-order valence-corrected chi connectivity index (χ3v) is 4.77. The van der Waals surface area contributed by atoms with Crippen molar-refractivity contribution in [1.82, 2.24) is 30.4 Å². The zero-order chi connectivity index (χ0) is 17.9. The van der Waals surface area contributed by atoms with E-state index in [1.165, 1.54) is 0 Å². The lowest BCUT2D eigenvalue weighted by molar-refractivity contribution is 0.0498. The minimum Gasteiger partial charge on any atom is -0.329 e. The highest BCUT2D eigenvalue weighted by Gasteiger charge is 2.32. The molecule has 0 bridgehead atoms. The molecule has 1 amide bonds. The summed E-state index contributed by atoms with van der Waals surface area (Å²) in [6.07, 6.45) is 0. The summed E-state index contributed by atoms with van der Waals surface area (Å²) in [6.45, 7) is 2.33. The molecule has 7 nitrogen and oxygen atoms in total. The van der Waals surface area contributed by atoms with E-state index in [2.05, 4.69) is 44.7 Å². The standard InChI is InChI=1S/C19H20N6O/c1-24-11-12-25(17(13-24)14-7-3-2-4-8-14)19(26)16-10-6-5-9-15(16)18-20-22-23-21-18/h2-10,17H,11-13H2,1H3,(H,20,21,22,23). The van der Waals surface area contributed by atoms with E-state index in [-0.39, 0.29) is 11.9 Å². The second-order valence-corrected chi connectivity index (χ2v) is 6.47. The number of rotatable bonds is 3. The van der Waals surface area contributed by atoms with Crippen molar-refractivity contribution >= 4 is 5.91 Å². The Kier molecular flexibility index (Phi) is 4.45. The average Bonchev–Trinajstić information content (AvgIpc) is 3.23. The second kappa shape index (κ2) is 7.05. The number of tetrazole rings is 1. The predicted octanol–water partition coefficient (Wildman–Crippen LogP) is 2.00. The SMILES string of the molecule is CN1CCN(C(=O)c2ccccc2-c2nn[nH]n2)C(c2ccccc2)C1. The highest BCUT2D eigenvalue weighted by Crippen LogP contribution is 2.29. The van der Waals surface area contributed by atoms with Gasteiger partial charge in [-0.05, 0) is 23.9 Å². The van der Waals surface area contributed by atoms with Crippen molar-refractivity contribution in [3.05, 3.63) is 65.7 Å². The molecule has 1 N–H and O–H groups in total. The molecular formula is C19H20N6O. The number of amides is 1. The third kappa shape index (κ3) is 3.09. The molecule has 0 spiro atoms. The molecule has 2 heterocycles. The van der Waals surface area contributed by atoms with Crippen LogP contribution in [0, 0.1) is 0 Å². The average molecular weight is 348 g/mol. The van der Waals surface area contributed by atoms with Crippen LogP contribution in [0.4, 0.5) is 0 Å². The van der Waals surface area contributed by atoms with Crippen molar-refractivity contribution in [3.63, 3.8) is 0 Å². The molecule has 1 aliphatic heterocycles. The number of nitrogens with one attached hydrogen (secondary N) is 1. The molecule has 1 saturated heterocycles. The van der Waals surface area contributed by atoms with Crippen LogP contribution in [-0.2, 0) is 0 Å². The maximum atomic E-state index is 13.4. The van der Waals surface area contributed by atoms with Crippen LogP contribution in [0.15, 0.2) is 54.6 Å². The first kappa shape index (κ1) is 16.4. The minimum absolute atomic E-state index is 0.00708. The highest BCUT2D eigenvalue weighted by atomic mass is 16.2. The van der Waals surface area contributed by atoms with E-state index in [1.807, 2.05) is 47.4 Å². The van der Waals surface area contributed by atoms with Crippen molar-refractivity contribution in [2.75, 3.05) is 26.7 Å². The Hall–Kier alpha value is -3.06. The Balaban J connectivity index is 1.71. The quantitative estimate of drug-likeness (QED) is 0.783. The lowest BCUT2D eigenvalue weighted by atomic mass is 9.99. The van der Waals surface area contributed by atoms with E-state index >= 15 is 0 Å². The molecule has 0 radical (unpaired) electrons. The fourth-order valence-corrected chi connectivity index (χ4v) is 3.42. The molecule has 1 aromatic heterocycles. The first-order valence-corrected chi connectivity index (χ1v) is 8.61. The highest BCUT2D eigenvalue weighted by molar-refractivity contribution is 6.00. The zero-order valence-corrected chi connectivity index (χ0v) is 14.5. The monoisotopic (exact) mass is 348 g/mol. The number of likely N-dealkylation sites (N-methyl/N-ethyl adjacent to an activating group) is 1. The van der Waals surface area contributed by atoms with Gasteiger partial charge in [0.05, 0.1) is 11.6 Å². The van der Waals surface area contributed by atoms with E-state index in [1.54, 1.807) is 0 Å². The molecule has 4 rings (SSSR count). The molecule has 3 aromatic rings. The lowest BCUT2D eigenvalue weighted by Gasteiger charge is -2.40. The largest absolute Gasteiger partial charge is 0.329 e. The molecule has 26 heavy (non-hydrogen) atoms. The first-order chi connectivity index (χ1) is 12.7. The Morgan fingerprint density at radius 2 is 1.85 bits per heavy atom. The number of nitrogens with zero attached hydrogens (tertiary/aromatic N) is 5. The van der Waals surface area contributed by atoms with Gasteiger partial charge in [-0.25, -0.2) is 0 Å². The Bertz CT molecular complexity index is 880.